The molecule has 0 N–H and O–H groups in total. The molecule has 15 heavy (non-hydrogen) atoms. The summed E-state index contributed by atoms with van der Waals surface area (Å²) in [6, 6.07) is 5.84. The zero-order chi connectivity index (χ0) is 10.5. The highest BCUT2D eigenvalue weighted by Gasteiger charge is 2.34. The highest BCUT2D eigenvalue weighted by Crippen LogP contribution is 2.44. The molecule has 3 nitrogen and oxygen atoms in total. The van der Waals surface area contributed by atoms with Crippen LogP contribution in [-0.2, 0) is 0 Å². The van der Waals surface area contributed by atoms with Crippen molar-refractivity contribution >= 4 is 11.3 Å². The van der Waals surface area contributed by atoms with Gasteiger partial charge in [-0.15, -0.1) is 0 Å². The van der Waals surface area contributed by atoms with Gasteiger partial charge in [0.1, 0.15) is 19.7 Å². The minimum Gasteiger partial charge on any atom is -0.627 e. The minimum absolute atomic E-state index is 0.247. The van der Waals surface area contributed by atoms with Gasteiger partial charge in [-0.1, -0.05) is 6.07 Å². The fraction of sp³-hybridized carbons (Fsp3) is 0.333. The quantitative estimate of drug-likeness (QED) is 0.478. The molecular weight excluding hydrogens is 190 g/mol. The Balaban J connectivity index is 2.31. The summed E-state index contributed by atoms with van der Waals surface area (Å²) in [5, 5.41) is 12.5. The zero-order valence-electron chi connectivity index (χ0n) is 8.69. The molecule has 78 valence electrons. The number of hydrogen-bond acceptors (Lipinski definition) is 2. The minimum atomic E-state index is -0.247. The van der Waals surface area contributed by atoms with Gasteiger partial charge in [-0.3, -0.25) is 0 Å². The first-order valence-corrected chi connectivity index (χ1v) is 5.22. The fourth-order valence-electron chi connectivity index (χ4n) is 2.37. The van der Waals surface area contributed by atoms with E-state index in [-0.39, 0.29) is 4.65 Å². The molecule has 0 bridgehead atoms. The lowest BCUT2D eigenvalue weighted by atomic mass is 9.98. The Morgan fingerprint density at radius 3 is 3.13 bits per heavy atom. The number of rotatable bonds is 0. The molecule has 0 fully saturated rings. The maximum atomic E-state index is 12.5. The van der Waals surface area contributed by atoms with Crippen molar-refractivity contribution < 1.29 is 4.74 Å². The van der Waals surface area contributed by atoms with E-state index < -0.39 is 0 Å². The molecule has 1 atom stereocenters. The van der Waals surface area contributed by atoms with E-state index >= 15 is 0 Å². The lowest BCUT2D eigenvalue weighted by molar-refractivity contribution is 0.225. The summed E-state index contributed by atoms with van der Waals surface area (Å²) in [5.41, 5.74) is 3.05. The molecule has 3 heteroatoms. The monoisotopic (exact) mass is 203 g/mol. The van der Waals surface area contributed by atoms with E-state index in [2.05, 4.69) is 0 Å². The van der Waals surface area contributed by atoms with Gasteiger partial charge in [0, 0.05) is 5.56 Å². The van der Waals surface area contributed by atoms with Crippen molar-refractivity contribution in [1.29, 1.82) is 0 Å². The maximum Gasteiger partial charge on any atom is 0.183 e. The third kappa shape index (κ3) is 1.14. The largest absolute Gasteiger partial charge is 0.627 e. The Hall–Kier alpha value is -1.32. The van der Waals surface area contributed by atoms with Gasteiger partial charge in [-0.05, 0) is 30.7 Å². The molecule has 0 amide bonds. The molecule has 0 radical (unpaired) electrons. The second kappa shape index (κ2) is 2.84. The molecule has 3 rings (SSSR count). The second-order valence-electron chi connectivity index (χ2n) is 4.18. The van der Waals surface area contributed by atoms with Gasteiger partial charge < -0.3 is 14.6 Å². The van der Waals surface area contributed by atoms with Gasteiger partial charge in [0.25, 0.3) is 0 Å². The lowest BCUT2D eigenvalue weighted by Crippen LogP contribution is -2.50. The third-order valence-corrected chi connectivity index (χ3v) is 3.23. The Morgan fingerprint density at radius 1 is 1.40 bits per heavy atom. The van der Waals surface area contributed by atoms with Gasteiger partial charge in [0.2, 0.25) is 0 Å². The second-order valence-corrected chi connectivity index (χ2v) is 4.18. The Kier molecular flexibility index (Phi) is 1.69. The molecule has 2 heterocycles. The van der Waals surface area contributed by atoms with Crippen LogP contribution >= 0.6 is 0 Å². The normalized spacial score (nSPS) is 27.7. The van der Waals surface area contributed by atoms with Gasteiger partial charge in [-0.25, -0.2) is 0 Å². The summed E-state index contributed by atoms with van der Waals surface area (Å²) < 4.78 is 5.29. The summed E-state index contributed by atoms with van der Waals surface area (Å²) in [6.07, 6.45) is 2.03. The smallest absolute Gasteiger partial charge is 0.183 e. The summed E-state index contributed by atoms with van der Waals surface area (Å²) in [7, 11) is 0. The highest BCUT2D eigenvalue weighted by atomic mass is 16.6. The van der Waals surface area contributed by atoms with Crippen LogP contribution in [0.2, 0.25) is 0 Å². The first-order valence-electron chi connectivity index (χ1n) is 5.22. The molecule has 2 aliphatic rings. The molecule has 1 unspecified atom stereocenters. The average molecular weight is 203 g/mol. The topological polar surface area (TPSA) is 32.3 Å². The summed E-state index contributed by atoms with van der Waals surface area (Å²) >= 11 is 0. The van der Waals surface area contributed by atoms with E-state index in [1.807, 2.05) is 31.2 Å². The van der Waals surface area contributed by atoms with Crippen LogP contribution in [-0.4, -0.2) is 19.7 Å². The maximum absolute atomic E-state index is 12.5. The van der Waals surface area contributed by atoms with Crippen molar-refractivity contribution in [3.05, 3.63) is 35.0 Å². The predicted molar refractivity (Wildman–Crippen MR) is 60.5 cm³/mol. The predicted octanol–water partition coefficient (Wildman–Crippen LogP) is 2.30. The van der Waals surface area contributed by atoms with Crippen LogP contribution in [0.1, 0.15) is 12.5 Å². The van der Waals surface area contributed by atoms with Gasteiger partial charge in [0.15, 0.2) is 11.4 Å². The fourth-order valence-corrected chi connectivity index (χ4v) is 2.37. The summed E-state index contributed by atoms with van der Waals surface area (Å²) in [4.78, 5) is 0. The molecule has 0 aliphatic carbocycles. The van der Waals surface area contributed by atoms with E-state index in [9.17, 15) is 5.21 Å². The van der Waals surface area contributed by atoms with Crippen molar-refractivity contribution in [1.82, 2.24) is 4.65 Å². The molecule has 2 aliphatic heterocycles. The molecule has 1 aromatic rings. The standard InChI is InChI=1S/C12H13NO2/c1-9-5-6-13(14)7-8-15-11-4-2-3-10(9)12(11)13/h2-5H,6-8H2,1H3. The molecule has 1 aromatic carbocycles. The van der Waals surface area contributed by atoms with Crippen LogP contribution in [0, 0.1) is 5.21 Å². The van der Waals surface area contributed by atoms with Gasteiger partial charge in [-0.2, -0.15) is 0 Å². The number of ether oxygens (including phenoxy) is 1. The van der Waals surface area contributed by atoms with E-state index in [1.165, 1.54) is 5.57 Å². The van der Waals surface area contributed by atoms with Crippen LogP contribution in [0.5, 0.6) is 5.75 Å². The van der Waals surface area contributed by atoms with Crippen LogP contribution in [0.25, 0.3) is 5.57 Å². The van der Waals surface area contributed by atoms with Crippen LogP contribution in [0.4, 0.5) is 5.69 Å². The first kappa shape index (κ1) is 8.95. The number of hydroxylamine groups is 2. The first-order chi connectivity index (χ1) is 7.21. The molecule has 0 spiro atoms. The van der Waals surface area contributed by atoms with Crippen LogP contribution in [0.3, 0.4) is 0 Å². The summed E-state index contributed by atoms with van der Waals surface area (Å²) in [5.74, 6) is 0.765. The van der Waals surface area contributed by atoms with Crippen LogP contribution < -0.4 is 9.38 Å². The van der Waals surface area contributed by atoms with Crippen molar-refractivity contribution in [2.45, 2.75) is 6.92 Å². The highest BCUT2D eigenvalue weighted by molar-refractivity contribution is 5.81. The Bertz CT molecular complexity index is 453. The third-order valence-electron chi connectivity index (χ3n) is 3.23. The molecule has 0 saturated heterocycles. The average Bonchev–Trinajstić information content (AvgIpc) is 2.25. The Labute approximate surface area is 88.8 Å². The number of nitrogens with zero attached hydrogens (tertiary/aromatic N) is 1. The lowest BCUT2D eigenvalue weighted by Gasteiger charge is -2.47. The number of hydrogen-bond donors (Lipinski definition) is 0. The SMILES string of the molecule is CC1=CC[N+]2([O-])CCOc3cccc1c32. The van der Waals surface area contributed by atoms with Gasteiger partial charge >= 0.3 is 0 Å². The number of benzene rings is 1. The molecule has 0 aromatic heterocycles. The molecule has 0 saturated carbocycles. The molecular formula is C12H13NO2. The van der Waals surface area contributed by atoms with Crippen molar-refractivity contribution in [2.75, 3.05) is 19.7 Å². The van der Waals surface area contributed by atoms with E-state index in [4.69, 9.17) is 4.74 Å². The van der Waals surface area contributed by atoms with Crippen LogP contribution in [0.15, 0.2) is 24.3 Å². The number of allylic oxidation sites excluding steroid dienone is 1. The summed E-state index contributed by atoms with van der Waals surface area (Å²) in [6.45, 7) is 3.63. The Morgan fingerprint density at radius 2 is 2.27 bits per heavy atom. The number of para-hydroxylation sites is 1. The van der Waals surface area contributed by atoms with Crippen molar-refractivity contribution in [2.24, 2.45) is 0 Å². The van der Waals surface area contributed by atoms with E-state index in [0.717, 1.165) is 17.0 Å². The van der Waals surface area contributed by atoms with Crippen molar-refractivity contribution in [3.63, 3.8) is 0 Å². The van der Waals surface area contributed by atoms with E-state index in [0.29, 0.717) is 19.7 Å². The van der Waals surface area contributed by atoms with Gasteiger partial charge in [0.05, 0.1) is 0 Å². The van der Waals surface area contributed by atoms with Crippen molar-refractivity contribution in [3.8, 4) is 5.75 Å². The number of quaternary nitrogens is 1. The van der Waals surface area contributed by atoms with E-state index in [1.54, 1.807) is 0 Å². The zero-order valence-corrected chi connectivity index (χ0v) is 8.69.